The van der Waals surface area contributed by atoms with E-state index in [2.05, 4.69) is 17.4 Å². The molecule has 0 saturated heterocycles. The Labute approximate surface area is 200 Å². The molecule has 0 amide bonds. The number of aromatic nitrogens is 3. The molecule has 1 aliphatic heterocycles. The zero-order chi connectivity index (χ0) is 22.6. The van der Waals surface area contributed by atoms with Gasteiger partial charge in [-0.25, -0.2) is 9.48 Å². The first kappa shape index (κ1) is 21.5. The second-order valence-corrected chi connectivity index (χ2v) is 9.28. The number of fused-ring (bicyclic) bond motifs is 1. The summed E-state index contributed by atoms with van der Waals surface area (Å²) in [5.41, 5.74) is 3.33. The molecule has 1 N–H and O–H groups in total. The van der Waals surface area contributed by atoms with Crippen LogP contribution in [-0.2, 0) is 15.3 Å². The number of nitrogens with zero attached hydrogens (tertiary/aromatic N) is 3. The first-order valence-electron chi connectivity index (χ1n) is 10.6. The van der Waals surface area contributed by atoms with E-state index in [1.807, 2.05) is 73.0 Å². The van der Waals surface area contributed by atoms with Gasteiger partial charge in [0, 0.05) is 10.6 Å². The van der Waals surface area contributed by atoms with Crippen molar-refractivity contribution < 1.29 is 9.53 Å². The first-order valence-corrected chi connectivity index (χ1v) is 12.5. The summed E-state index contributed by atoms with van der Waals surface area (Å²) in [6.45, 7) is 2.11. The molecular formula is C25H22N4O2S2. The van der Waals surface area contributed by atoms with Crippen molar-refractivity contribution in [2.24, 2.45) is 0 Å². The van der Waals surface area contributed by atoms with E-state index >= 15 is 0 Å². The molecule has 0 unspecified atom stereocenters. The van der Waals surface area contributed by atoms with Gasteiger partial charge in [-0.3, -0.25) is 0 Å². The second-order valence-electron chi connectivity index (χ2n) is 7.35. The molecule has 0 aliphatic carbocycles. The number of hydrogen-bond acceptors (Lipinski definition) is 7. The van der Waals surface area contributed by atoms with Crippen molar-refractivity contribution in [2.45, 2.75) is 23.9 Å². The van der Waals surface area contributed by atoms with Gasteiger partial charge in [-0.15, -0.1) is 16.4 Å². The van der Waals surface area contributed by atoms with E-state index in [0.29, 0.717) is 29.0 Å². The Kier molecular flexibility index (Phi) is 6.28. The third-order valence-electron chi connectivity index (χ3n) is 5.22. The molecule has 8 heteroatoms. The fourth-order valence-corrected chi connectivity index (χ4v) is 5.36. The first-order chi connectivity index (χ1) is 16.2. The average Bonchev–Trinajstić information content (AvgIpc) is 3.53. The molecule has 6 nitrogen and oxygen atoms in total. The van der Waals surface area contributed by atoms with Crippen LogP contribution in [0, 0.1) is 0 Å². The highest BCUT2D eigenvalue weighted by Crippen LogP contribution is 2.41. The number of hydrogen-bond donors (Lipinski definition) is 1. The van der Waals surface area contributed by atoms with Crippen molar-refractivity contribution >= 4 is 40.7 Å². The van der Waals surface area contributed by atoms with Crippen LogP contribution in [0.2, 0.25) is 0 Å². The highest BCUT2D eigenvalue weighted by Gasteiger charge is 2.37. The van der Waals surface area contributed by atoms with E-state index in [-0.39, 0.29) is 5.97 Å². The Morgan fingerprint density at radius 2 is 1.85 bits per heavy atom. The lowest BCUT2D eigenvalue weighted by Crippen LogP contribution is -2.29. The number of nitrogens with one attached hydrogen (secondary N) is 1. The second kappa shape index (κ2) is 9.64. The lowest BCUT2D eigenvalue weighted by molar-refractivity contribution is -0.138. The van der Waals surface area contributed by atoms with Crippen LogP contribution in [0.15, 0.2) is 88.9 Å². The van der Waals surface area contributed by atoms with Gasteiger partial charge in [-0.2, -0.15) is 4.98 Å². The van der Waals surface area contributed by atoms with Crippen LogP contribution < -0.4 is 5.32 Å². The summed E-state index contributed by atoms with van der Waals surface area (Å²) < 4.78 is 7.29. The topological polar surface area (TPSA) is 69.0 Å². The third kappa shape index (κ3) is 4.44. The molecule has 166 valence electrons. The third-order valence-corrected chi connectivity index (χ3v) is 7.05. The lowest BCUT2D eigenvalue weighted by atomic mass is 9.97. The smallest absolute Gasteiger partial charge is 0.338 e. The highest BCUT2D eigenvalue weighted by molar-refractivity contribution is 7.98. The van der Waals surface area contributed by atoms with Crippen molar-refractivity contribution in [1.29, 1.82) is 0 Å². The minimum Gasteiger partial charge on any atom is -0.463 e. The number of thioether (sulfide) groups is 1. The highest BCUT2D eigenvalue weighted by atomic mass is 32.2. The van der Waals surface area contributed by atoms with E-state index in [4.69, 9.17) is 14.8 Å². The van der Waals surface area contributed by atoms with E-state index in [0.717, 1.165) is 16.2 Å². The summed E-state index contributed by atoms with van der Waals surface area (Å²) in [5, 5.41) is 10.8. The summed E-state index contributed by atoms with van der Waals surface area (Å²) in [5.74, 6) is 1.01. The Bertz CT molecular complexity index is 1270. The molecule has 4 aromatic rings. The molecule has 0 saturated carbocycles. The monoisotopic (exact) mass is 474 g/mol. The van der Waals surface area contributed by atoms with Crippen LogP contribution >= 0.6 is 23.1 Å². The van der Waals surface area contributed by atoms with E-state index in [9.17, 15) is 4.79 Å². The quantitative estimate of drug-likeness (QED) is 0.277. The molecular weight excluding hydrogens is 452 g/mol. The summed E-state index contributed by atoms with van der Waals surface area (Å²) in [6, 6.07) is 23.6. The number of carbonyl (C=O) groups excluding carboxylic acids is 1. The van der Waals surface area contributed by atoms with Gasteiger partial charge in [0.05, 0.1) is 17.9 Å². The molecule has 0 radical (unpaired) electrons. The maximum absolute atomic E-state index is 13.2. The van der Waals surface area contributed by atoms with Crippen molar-refractivity contribution in [1.82, 2.24) is 14.8 Å². The van der Waals surface area contributed by atoms with Gasteiger partial charge in [0.15, 0.2) is 0 Å². The molecule has 2 aromatic heterocycles. The van der Waals surface area contributed by atoms with Crippen LogP contribution in [0.4, 0.5) is 5.95 Å². The van der Waals surface area contributed by atoms with Gasteiger partial charge >= 0.3 is 5.97 Å². The number of thiophene rings is 1. The van der Waals surface area contributed by atoms with E-state index < -0.39 is 6.04 Å². The maximum Gasteiger partial charge on any atom is 0.338 e. The molecule has 0 spiro atoms. The molecule has 5 rings (SSSR count). The number of carbonyl (C=O) groups is 1. The minimum absolute atomic E-state index is 0.296. The number of rotatable bonds is 7. The van der Waals surface area contributed by atoms with Crippen LogP contribution in [0.1, 0.15) is 29.0 Å². The maximum atomic E-state index is 13.2. The van der Waals surface area contributed by atoms with Crippen molar-refractivity contribution in [2.75, 3.05) is 11.9 Å². The molecule has 33 heavy (non-hydrogen) atoms. The number of ether oxygens (including phenoxy) is 1. The van der Waals surface area contributed by atoms with Gasteiger partial charge in [-0.05, 0) is 29.5 Å². The SMILES string of the molecule is CCOC(=O)C1=C(c2ccccc2)Nc2nc(SCc3ccccc3)nn2[C@@H]1c1cccs1. The van der Waals surface area contributed by atoms with Gasteiger partial charge in [-0.1, -0.05) is 78.5 Å². The predicted molar refractivity (Wildman–Crippen MR) is 132 cm³/mol. The van der Waals surface area contributed by atoms with Gasteiger partial charge in [0.1, 0.15) is 6.04 Å². The summed E-state index contributed by atoms with van der Waals surface area (Å²) in [4.78, 5) is 19.0. The van der Waals surface area contributed by atoms with Gasteiger partial charge in [0.25, 0.3) is 0 Å². The van der Waals surface area contributed by atoms with Crippen LogP contribution in [-0.4, -0.2) is 27.3 Å². The van der Waals surface area contributed by atoms with Crippen molar-refractivity contribution in [3.8, 4) is 0 Å². The average molecular weight is 475 g/mol. The fourth-order valence-electron chi connectivity index (χ4n) is 3.76. The summed E-state index contributed by atoms with van der Waals surface area (Å²) in [7, 11) is 0. The lowest BCUT2D eigenvalue weighted by Gasteiger charge is -2.28. The standard InChI is InChI=1S/C25H22N4O2S2/c1-2-31-23(30)20-21(18-12-7-4-8-13-18)26-24-27-25(33-16-17-10-5-3-6-11-17)28-29(24)22(20)19-14-9-15-32-19/h3-15,22H,2,16H2,1H3,(H,26,27,28)/t22-/m1/s1. The number of benzene rings is 2. The Balaban J connectivity index is 1.58. The largest absolute Gasteiger partial charge is 0.463 e. The Morgan fingerprint density at radius 3 is 2.55 bits per heavy atom. The number of esters is 1. The molecule has 0 fully saturated rings. The van der Waals surface area contributed by atoms with E-state index in [1.54, 1.807) is 27.8 Å². The van der Waals surface area contributed by atoms with Crippen LogP contribution in [0.5, 0.6) is 0 Å². The Hall–Kier alpha value is -3.36. The van der Waals surface area contributed by atoms with Crippen molar-refractivity contribution in [3.05, 3.63) is 99.8 Å². The molecule has 0 bridgehead atoms. The Morgan fingerprint density at radius 1 is 1.09 bits per heavy atom. The number of anilines is 1. The van der Waals surface area contributed by atoms with Crippen LogP contribution in [0.25, 0.3) is 5.70 Å². The molecule has 1 atom stereocenters. The molecule has 3 heterocycles. The van der Waals surface area contributed by atoms with Gasteiger partial charge < -0.3 is 10.1 Å². The van der Waals surface area contributed by atoms with E-state index in [1.165, 1.54) is 5.56 Å². The molecule has 1 aliphatic rings. The van der Waals surface area contributed by atoms with Crippen LogP contribution in [0.3, 0.4) is 0 Å². The normalized spacial score (nSPS) is 15.1. The minimum atomic E-state index is -0.422. The zero-order valence-corrected chi connectivity index (χ0v) is 19.6. The predicted octanol–water partition coefficient (Wildman–Crippen LogP) is 5.62. The fraction of sp³-hybridized carbons (Fsp3) is 0.160. The summed E-state index contributed by atoms with van der Waals surface area (Å²) >= 11 is 3.15. The summed E-state index contributed by atoms with van der Waals surface area (Å²) in [6.07, 6.45) is 0. The van der Waals surface area contributed by atoms with Gasteiger partial charge in [0.2, 0.25) is 11.1 Å². The van der Waals surface area contributed by atoms with Crippen molar-refractivity contribution in [3.63, 3.8) is 0 Å². The molecule has 2 aromatic carbocycles. The zero-order valence-electron chi connectivity index (χ0n) is 18.0.